The van der Waals surface area contributed by atoms with Crippen LogP contribution in [0.15, 0.2) is 23.1 Å². The van der Waals surface area contributed by atoms with Crippen LogP contribution >= 0.6 is 0 Å². The molecule has 18 heavy (non-hydrogen) atoms. The third-order valence-corrected chi connectivity index (χ3v) is 4.24. The minimum atomic E-state index is -4.10. The molecule has 0 bridgehead atoms. The second kappa shape index (κ2) is 3.98. The first-order valence-corrected chi connectivity index (χ1v) is 6.42. The molecule has 7 nitrogen and oxygen atoms in total. The lowest BCUT2D eigenvalue weighted by Crippen LogP contribution is -2.46. The zero-order valence-electron chi connectivity index (χ0n) is 9.37. The fourth-order valence-electron chi connectivity index (χ4n) is 1.65. The lowest BCUT2D eigenvalue weighted by molar-refractivity contribution is -0.136. The molecule has 0 spiro atoms. The standard InChI is InChI=1S/C10H10N2O5S/c1-6-2-3-8-7(4-6)11-10(15)12(5-9(13)14)18(8,16)17/h2-4H,5H2,1H3,(H,11,15)(H,13,14). The van der Waals surface area contributed by atoms with Crippen molar-refractivity contribution in [2.24, 2.45) is 0 Å². The highest BCUT2D eigenvalue weighted by Gasteiger charge is 2.37. The van der Waals surface area contributed by atoms with Crippen LogP contribution in [0.1, 0.15) is 5.56 Å². The van der Waals surface area contributed by atoms with Gasteiger partial charge in [-0.3, -0.25) is 4.79 Å². The van der Waals surface area contributed by atoms with E-state index in [0.717, 1.165) is 5.56 Å². The molecule has 0 unspecified atom stereocenters. The number of hydrogen-bond acceptors (Lipinski definition) is 4. The molecule has 1 aromatic carbocycles. The Kier molecular flexibility index (Phi) is 2.74. The highest BCUT2D eigenvalue weighted by Crippen LogP contribution is 2.30. The number of carbonyl (C=O) groups is 2. The maximum Gasteiger partial charge on any atom is 0.336 e. The van der Waals surface area contributed by atoms with Crippen LogP contribution < -0.4 is 5.32 Å². The molecule has 8 heteroatoms. The Hall–Kier alpha value is -2.09. The second-order valence-corrected chi connectivity index (χ2v) is 5.67. The van der Waals surface area contributed by atoms with Crippen molar-refractivity contribution in [3.8, 4) is 0 Å². The van der Waals surface area contributed by atoms with E-state index in [-0.39, 0.29) is 10.6 Å². The van der Waals surface area contributed by atoms with Gasteiger partial charge in [0.2, 0.25) is 0 Å². The summed E-state index contributed by atoms with van der Waals surface area (Å²) in [5.74, 6) is -1.40. The Bertz CT molecular complexity index is 638. The second-order valence-electron chi connectivity index (χ2n) is 3.84. The molecule has 1 aliphatic heterocycles. The molecule has 0 aliphatic carbocycles. The maximum absolute atomic E-state index is 12.1. The van der Waals surface area contributed by atoms with Crippen molar-refractivity contribution in [1.82, 2.24) is 4.31 Å². The van der Waals surface area contributed by atoms with E-state index >= 15 is 0 Å². The highest BCUT2D eigenvalue weighted by atomic mass is 32.2. The number of carboxylic acids is 1. The summed E-state index contributed by atoms with van der Waals surface area (Å²) in [6.07, 6.45) is 0. The Morgan fingerprint density at radius 2 is 2.11 bits per heavy atom. The molecular weight excluding hydrogens is 260 g/mol. The molecule has 2 rings (SSSR count). The summed E-state index contributed by atoms with van der Waals surface area (Å²) >= 11 is 0. The monoisotopic (exact) mass is 270 g/mol. The number of carbonyl (C=O) groups excluding carboxylic acids is 1. The number of sulfonamides is 1. The van der Waals surface area contributed by atoms with Crippen LogP contribution in [0.4, 0.5) is 10.5 Å². The van der Waals surface area contributed by atoms with Gasteiger partial charge in [-0.2, -0.15) is 0 Å². The smallest absolute Gasteiger partial charge is 0.336 e. The topological polar surface area (TPSA) is 104 Å². The summed E-state index contributed by atoms with van der Waals surface area (Å²) in [4.78, 5) is 22.1. The molecule has 96 valence electrons. The minimum absolute atomic E-state index is 0.103. The third kappa shape index (κ3) is 1.90. The number of carboxylic acid groups (broad SMARTS) is 1. The number of fused-ring (bicyclic) bond motifs is 1. The van der Waals surface area contributed by atoms with Crippen molar-refractivity contribution in [3.05, 3.63) is 23.8 Å². The predicted octanol–water partition coefficient (Wildman–Crippen LogP) is 0.616. The molecular formula is C10H10N2O5S. The number of aryl methyl sites for hydroxylation is 1. The quantitative estimate of drug-likeness (QED) is 0.819. The molecule has 1 heterocycles. The number of rotatable bonds is 2. The van der Waals surface area contributed by atoms with Crippen LogP contribution in [0.25, 0.3) is 0 Å². The highest BCUT2D eigenvalue weighted by molar-refractivity contribution is 7.90. The SMILES string of the molecule is Cc1ccc2c(c1)NC(=O)N(CC(=O)O)S2(=O)=O. The zero-order valence-corrected chi connectivity index (χ0v) is 10.2. The molecule has 1 aliphatic rings. The van der Waals surface area contributed by atoms with E-state index in [0.29, 0.717) is 4.31 Å². The van der Waals surface area contributed by atoms with Crippen molar-refractivity contribution in [3.63, 3.8) is 0 Å². The van der Waals surface area contributed by atoms with Crippen LogP contribution in [0.5, 0.6) is 0 Å². The number of urea groups is 1. The van der Waals surface area contributed by atoms with Gasteiger partial charge in [-0.15, -0.1) is 0 Å². The van der Waals surface area contributed by atoms with Crippen LogP contribution in [-0.4, -0.2) is 36.4 Å². The number of anilines is 1. The van der Waals surface area contributed by atoms with E-state index < -0.39 is 28.6 Å². The first-order valence-electron chi connectivity index (χ1n) is 4.98. The predicted molar refractivity (Wildman–Crippen MR) is 61.7 cm³/mol. The van der Waals surface area contributed by atoms with Crippen molar-refractivity contribution < 1.29 is 23.1 Å². The lowest BCUT2D eigenvalue weighted by atomic mass is 10.2. The molecule has 2 amide bonds. The van der Waals surface area contributed by atoms with Crippen molar-refractivity contribution in [2.75, 3.05) is 11.9 Å². The minimum Gasteiger partial charge on any atom is -0.480 e. The third-order valence-electron chi connectivity index (χ3n) is 2.45. The van der Waals surface area contributed by atoms with E-state index in [1.807, 2.05) is 0 Å². The number of benzene rings is 1. The van der Waals surface area contributed by atoms with Gasteiger partial charge in [-0.05, 0) is 24.6 Å². The number of amides is 2. The molecule has 1 aromatic rings. The van der Waals surface area contributed by atoms with E-state index in [9.17, 15) is 18.0 Å². The van der Waals surface area contributed by atoms with E-state index in [1.54, 1.807) is 13.0 Å². The van der Waals surface area contributed by atoms with Gasteiger partial charge in [-0.1, -0.05) is 6.07 Å². The van der Waals surface area contributed by atoms with E-state index in [2.05, 4.69) is 5.32 Å². The molecule has 0 saturated heterocycles. The van der Waals surface area contributed by atoms with Crippen LogP contribution in [-0.2, 0) is 14.8 Å². The van der Waals surface area contributed by atoms with Crippen LogP contribution in [0.2, 0.25) is 0 Å². The number of nitrogens with zero attached hydrogens (tertiary/aromatic N) is 1. The number of aliphatic carboxylic acids is 1. The summed E-state index contributed by atoms with van der Waals surface area (Å²) in [5.41, 5.74) is 0.956. The summed E-state index contributed by atoms with van der Waals surface area (Å²) in [6.45, 7) is 0.851. The Morgan fingerprint density at radius 1 is 1.44 bits per heavy atom. The average Bonchev–Trinajstić information content (AvgIpc) is 2.23. The van der Waals surface area contributed by atoms with Gasteiger partial charge < -0.3 is 10.4 Å². The molecule has 2 N–H and O–H groups in total. The van der Waals surface area contributed by atoms with Gasteiger partial charge >= 0.3 is 12.0 Å². The van der Waals surface area contributed by atoms with Crippen LogP contribution in [0.3, 0.4) is 0 Å². The fourth-order valence-corrected chi connectivity index (χ4v) is 3.06. The Balaban J connectivity index is 2.57. The van der Waals surface area contributed by atoms with Gasteiger partial charge in [0.15, 0.2) is 0 Å². The fraction of sp³-hybridized carbons (Fsp3) is 0.200. The first kappa shape index (κ1) is 12.4. The van der Waals surface area contributed by atoms with Gasteiger partial charge in [0, 0.05) is 0 Å². The summed E-state index contributed by atoms with van der Waals surface area (Å²) < 4.78 is 24.4. The Morgan fingerprint density at radius 3 is 2.72 bits per heavy atom. The van der Waals surface area contributed by atoms with Crippen molar-refractivity contribution in [2.45, 2.75) is 11.8 Å². The molecule has 0 atom stereocenters. The van der Waals surface area contributed by atoms with Gasteiger partial charge in [0.25, 0.3) is 10.0 Å². The molecule has 0 fully saturated rings. The van der Waals surface area contributed by atoms with Crippen LogP contribution in [0, 0.1) is 6.92 Å². The molecule has 0 radical (unpaired) electrons. The molecule has 0 saturated carbocycles. The Labute approximate surface area is 103 Å². The van der Waals surface area contributed by atoms with Gasteiger partial charge in [0.05, 0.1) is 5.69 Å². The molecule has 0 aromatic heterocycles. The number of hydrogen-bond donors (Lipinski definition) is 2. The summed E-state index contributed by atoms with van der Waals surface area (Å²) in [5, 5.41) is 11.0. The zero-order chi connectivity index (χ0) is 13.5. The summed E-state index contributed by atoms with van der Waals surface area (Å²) in [7, 11) is -4.10. The number of nitrogens with one attached hydrogen (secondary N) is 1. The van der Waals surface area contributed by atoms with Gasteiger partial charge in [-0.25, -0.2) is 17.5 Å². The van der Waals surface area contributed by atoms with Crippen molar-refractivity contribution >= 4 is 27.7 Å². The van der Waals surface area contributed by atoms with E-state index in [4.69, 9.17) is 5.11 Å². The largest absolute Gasteiger partial charge is 0.480 e. The lowest BCUT2D eigenvalue weighted by Gasteiger charge is -2.27. The first-order chi connectivity index (χ1) is 8.32. The average molecular weight is 270 g/mol. The maximum atomic E-state index is 12.1. The van der Waals surface area contributed by atoms with E-state index in [1.165, 1.54) is 12.1 Å². The summed E-state index contributed by atoms with van der Waals surface area (Å²) in [6, 6.07) is 3.47. The normalized spacial score (nSPS) is 16.9. The van der Waals surface area contributed by atoms with Crippen molar-refractivity contribution in [1.29, 1.82) is 0 Å². The van der Waals surface area contributed by atoms with Gasteiger partial charge in [0.1, 0.15) is 11.4 Å².